The number of nitrogens with zero attached hydrogens (tertiary/aromatic N) is 1. The summed E-state index contributed by atoms with van der Waals surface area (Å²) >= 11 is 0. The van der Waals surface area contributed by atoms with Crippen LogP contribution >= 0.6 is 0 Å². The van der Waals surface area contributed by atoms with Crippen LogP contribution in [-0.2, 0) is 9.53 Å². The molecule has 0 aliphatic heterocycles. The van der Waals surface area contributed by atoms with E-state index in [0.717, 1.165) is 22.3 Å². The van der Waals surface area contributed by atoms with Gasteiger partial charge < -0.3 is 9.84 Å². The molecule has 0 spiro atoms. The van der Waals surface area contributed by atoms with Crippen molar-refractivity contribution < 1.29 is 19.4 Å². The first-order valence-electron chi connectivity index (χ1n) is 9.42. The van der Waals surface area contributed by atoms with Gasteiger partial charge in [0, 0.05) is 12.5 Å². The van der Waals surface area contributed by atoms with Gasteiger partial charge in [0.15, 0.2) is 0 Å². The summed E-state index contributed by atoms with van der Waals surface area (Å²) in [4.78, 5) is 25.5. The summed E-state index contributed by atoms with van der Waals surface area (Å²) in [5.74, 6) is -1.03. The summed E-state index contributed by atoms with van der Waals surface area (Å²) in [7, 11) is 0. The molecular formula is C22H25NO4. The van der Waals surface area contributed by atoms with Crippen molar-refractivity contribution in [3.05, 3.63) is 59.7 Å². The minimum atomic E-state index is -0.993. The first-order valence-corrected chi connectivity index (χ1v) is 9.42. The number of carbonyl (C=O) groups is 2. The van der Waals surface area contributed by atoms with Crippen LogP contribution in [0.3, 0.4) is 0 Å². The number of hydrogen-bond donors (Lipinski definition) is 1. The molecule has 0 aromatic heterocycles. The van der Waals surface area contributed by atoms with E-state index in [2.05, 4.69) is 24.3 Å². The number of carbonyl (C=O) groups excluding carboxylic acids is 1. The van der Waals surface area contributed by atoms with E-state index >= 15 is 0 Å². The molecule has 0 radical (unpaired) electrons. The topological polar surface area (TPSA) is 66.8 Å². The van der Waals surface area contributed by atoms with Crippen LogP contribution in [0.4, 0.5) is 4.79 Å². The van der Waals surface area contributed by atoms with Crippen molar-refractivity contribution in [3.63, 3.8) is 0 Å². The Morgan fingerprint density at radius 3 is 2.07 bits per heavy atom. The molecule has 3 rings (SSSR count). The second kappa shape index (κ2) is 8.25. The molecule has 2 aromatic rings. The largest absolute Gasteiger partial charge is 0.480 e. The standard InChI is InChI=1S/C22H25NO4/c1-3-9-20(21(24)25)23(4-2)22(26)27-14-19-17-12-7-5-10-15(17)16-11-6-8-13-18(16)19/h5-8,10-13,19-20H,3-4,9,14H2,1-2H3,(H,24,25). The van der Waals surface area contributed by atoms with Gasteiger partial charge in [-0.05, 0) is 35.6 Å². The lowest BCUT2D eigenvalue weighted by Crippen LogP contribution is -2.45. The molecule has 0 saturated heterocycles. The normalized spacial score (nSPS) is 13.6. The van der Waals surface area contributed by atoms with Crippen molar-refractivity contribution in [2.24, 2.45) is 0 Å². The van der Waals surface area contributed by atoms with Crippen molar-refractivity contribution in [1.29, 1.82) is 0 Å². The van der Waals surface area contributed by atoms with Crippen molar-refractivity contribution in [1.82, 2.24) is 4.90 Å². The van der Waals surface area contributed by atoms with E-state index in [0.29, 0.717) is 19.4 Å². The van der Waals surface area contributed by atoms with E-state index in [1.165, 1.54) is 4.90 Å². The van der Waals surface area contributed by atoms with Gasteiger partial charge in [-0.1, -0.05) is 61.9 Å². The highest BCUT2D eigenvalue weighted by Crippen LogP contribution is 2.44. The third kappa shape index (κ3) is 3.68. The molecular weight excluding hydrogens is 342 g/mol. The number of hydrogen-bond acceptors (Lipinski definition) is 3. The fourth-order valence-electron chi connectivity index (χ4n) is 3.84. The Morgan fingerprint density at radius 1 is 1.04 bits per heavy atom. The summed E-state index contributed by atoms with van der Waals surface area (Å²) < 4.78 is 5.59. The van der Waals surface area contributed by atoms with Crippen LogP contribution in [0.1, 0.15) is 43.7 Å². The second-order valence-electron chi connectivity index (χ2n) is 6.73. The molecule has 2 aromatic carbocycles. The van der Waals surface area contributed by atoms with Gasteiger partial charge in [0.05, 0.1) is 0 Å². The van der Waals surface area contributed by atoms with Gasteiger partial charge in [0.25, 0.3) is 0 Å². The average Bonchev–Trinajstić information content (AvgIpc) is 3.00. The lowest BCUT2D eigenvalue weighted by molar-refractivity contribution is -0.143. The minimum Gasteiger partial charge on any atom is -0.480 e. The highest BCUT2D eigenvalue weighted by Gasteiger charge is 2.32. The van der Waals surface area contributed by atoms with E-state index in [9.17, 15) is 14.7 Å². The summed E-state index contributed by atoms with van der Waals surface area (Å²) in [6, 6.07) is 15.4. The summed E-state index contributed by atoms with van der Waals surface area (Å²) in [6.07, 6.45) is 0.525. The number of carboxylic acids is 1. The van der Waals surface area contributed by atoms with E-state index in [-0.39, 0.29) is 12.5 Å². The fraction of sp³-hybridized carbons (Fsp3) is 0.364. The minimum absolute atomic E-state index is 0.0329. The molecule has 1 unspecified atom stereocenters. The van der Waals surface area contributed by atoms with Crippen LogP contribution in [0.25, 0.3) is 11.1 Å². The fourth-order valence-corrected chi connectivity index (χ4v) is 3.84. The van der Waals surface area contributed by atoms with Crippen molar-refractivity contribution in [3.8, 4) is 11.1 Å². The monoisotopic (exact) mass is 367 g/mol. The molecule has 1 aliphatic carbocycles. The summed E-state index contributed by atoms with van der Waals surface area (Å²) in [6.45, 7) is 4.17. The molecule has 1 amide bonds. The van der Waals surface area contributed by atoms with Crippen LogP contribution in [0.2, 0.25) is 0 Å². The van der Waals surface area contributed by atoms with Gasteiger partial charge in [-0.15, -0.1) is 0 Å². The Morgan fingerprint density at radius 2 is 1.59 bits per heavy atom. The zero-order valence-electron chi connectivity index (χ0n) is 15.7. The SMILES string of the molecule is CCCC(C(=O)O)N(CC)C(=O)OCC1c2ccccc2-c2ccccc21. The molecule has 0 bridgehead atoms. The van der Waals surface area contributed by atoms with Crippen LogP contribution in [0.15, 0.2) is 48.5 Å². The van der Waals surface area contributed by atoms with Crippen molar-refractivity contribution in [2.75, 3.05) is 13.2 Å². The van der Waals surface area contributed by atoms with Gasteiger partial charge in [0.1, 0.15) is 12.6 Å². The van der Waals surface area contributed by atoms with Crippen LogP contribution < -0.4 is 0 Å². The van der Waals surface area contributed by atoms with Crippen LogP contribution in [0.5, 0.6) is 0 Å². The Kier molecular flexibility index (Phi) is 5.79. The first-order chi connectivity index (χ1) is 13.1. The molecule has 1 atom stereocenters. The lowest BCUT2D eigenvalue weighted by atomic mass is 9.98. The Balaban J connectivity index is 1.78. The molecule has 5 nitrogen and oxygen atoms in total. The highest BCUT2D eigenvalue weighted by molar-refractivity contribution is 5.81. The van der Waals surface area contributed by atoms with Gasteiger partial charge in [-0.25, -0.2) is 9.59 Å². The lowest BCUT2D eigenvalue weighted by Gasteiger charge is -2.27. The van der Waals surface area contributed by atoms with Gasteiger partial charge >= 0.3 is 12.1 Å². The van der Waals surface area contributed by atoms with Crippen molar-refractivity contribution >= 4 is 12.1 Å². The Labute approximate surface area is 159 Å². The Hall–Kier alpha value is -2.82. The number of aliphatic carboxylic acids is 1. The Bertz CT molecular complexity index is 787. The second-order valence-corrected chi connectivity index (χ2v) is 6.73. The number of likely N-dealkylation sites (N-methyl/N-ethyl adjacent to an activating group) is 1. The number of benzene rings is 2. The molecule has 142 valence electrons. The third-order valence-corrected chi connectivity index (χ3v) is 5.13. The average molecular weight is 367 g/mol. The van der Waals surface area contributed by atoms with E-state index in [4.69, 9.17) is 4.74 Å². The number of rotatable bonds is 7. The van der Waals surface area contributed by atoms with Crippen LogP contribution in [0, 0.1) is 0 Å². The number of ether oxygens (including phenoxy) is 1. The van der Waals surface area contributed by atoms with Gasteiger partial charge in [0.2, 0.25) is 0 Å². The molecule has 0 saturated carbocycles. The predicted octanol–water partition coefficient (Wildman–Crippen LogP) is 4.51. The third-order valence-electron chi connectivity index (χ3n) is 5.13. The maximum atomic E-state index is 12.6. The number of amides is 1. The maximum Gasteiger partial charge on any atom is 0.410 e. The summed E-state index contributed by atoms with van der Waals surface area (Å²) in [5, 5.41) is 9.45. The van der Waals surface area contributed by atoms with Gasteiger partial charge in [-0.3, -0.25) is 4.90 Å². The molecule has 5 heteroatoms. The highest BCUT2D eigenvalue weighted by atomic mass is 16.6. The maximum absolute atomic E-state index is 12.6. The number of fused-ring (bicyclic) bond motifs is 3. The van der Waals surface area contributed by atoms with Gasteiger partial charge in [-0.2, -0.15) is 0 Å². The number of carboxylic acid groups (broad SMARTS) is 1. The predicted molar refractivity (Wildman–Crippen MR) is 104 cm³/mol. The van der Waals surface area contributed by atoms with E-state index in [1.807, 2.05) is 31.2 Å². The van der Waals surface area contributed by atoms with E-state index < -0.39 is 18.1 Å². The molecule has 0 heterocycles. The molecule has 0 fully saturated rings. The zero-order chi connectivity index (χ0) is 19.4. The molecule has 1 N–H and O–H groups in total. The summed E-state index contributed by atoms with van der Waals surface area (Å²) in [5.41, 5.74) is 4.60. The first kappa shape index (κ1) is 19.0. The van der Waals surface area contributed by atoms with Crippen LogP contribution in [-0.4, -0.2) is 41.3 Å². The smallest absolute Gasteiger partial charge is 0.410 e. The molecule has 27 heavy (non-hydrogen) atoms. The van der Waals surface area contributed by atoms with Crippen molar-refractivity contribution in [2.45, 2.75) is 38.6 Å². The zero-order valence-corrected chi connectivity index (χ0v) is 15.7. The van der Waals surface area contributed by atoms with E-state index in [1.54, 1.807) is 6.92 Å². The molecule has 1 aliphatic rings. The quantitative estimate of drug-likeness (QED) is 0.782.